The van der Waals surface area contributed by atoms with Gasteiger partial charge in [-0.2, -0.15) is 0 Å². The Morgan fingerprint density at radius 1 is 1.18 bits per heavy atom. The van der Waals surface area contributed by atoms with Gasteiger partial charge in [0.15, 0.2) is 0 Å². The number of aryl methyl sites for hydroxylation is 1. The second-order valence-corrected chi connectivity index (χ2v) is 5.79. The minimum absolute atomic E-state index is 0.152. The third-order valence-electron chi connectivity index (χ3n) is 3.03. The summed E-state index contributed by atoms with van der Waals surface area (Å²) in [6, 6.07) is 6.25. The molecule has 17 heavy (non-hydrogen) atoms. The van der Waals surface area contributed by atoms with Crippen molar-refractivity contribution in [2.45, 2.75) is 59.2 Å². The van der Waals surface area contributed by atoms with Gasteiger partial charge in [-0.15, -0.1) is 0 Å². The van der Waals surface area contributed by atoms with E-state index in [4.69, 9.17) is 4.74 Å². The van der Waals surface area contributed by atoms with Crippen molar-refractivity contribution in [3.63, 3.8) is 0 Å². The molecule has 1 unspecified atom stereocenters. The number of benzene rings is 1. The van der Waals surface area contributed by atoms with E-state index < -0.39 is 6.10 Å². The zero-order valence-corrected chi connectivity index (χ0v) is 11.7. The van der Waals surface area contributed by atoms with Crippen LogP contribution in [-0.4, -0.2) is 17.3 Å². The van der Waals surface area contributed by atoms with Crippen LogP contribution < -0.4 is 4.74 Å². The highest BCUT2D eigenvalue weighted by Crippen LogP contribution is 2.28. The van der Waals surface area contributed by atoms with Crippen molar-refractivity contribution in [1.29, 1.82) is 0 Å². The molecule has 0 heterocycles. The van der Waals surface area contributed by atoms with Crippen LogP contribution in [0.25, 0.3) is 0 Å². The van der Waals surface area contributed by atoms with Crippen LogP contribution in [0.15, 0.2) is 18.2 Å². The van der Waals surface area contributed by atoms with Gasteiger partial charge in [0.2, 0.25) is 0 Å². The predicted molar refractivity (Wildman–Crippen MR) is 71.6 cm³/mol. The Balaban J connectivity index is 2.91. The average Bonchev–Trinajstić information content (AvgIpc) is 2.19. The molecule has 0 saturated carbocycles. The second kappa shape index (κ2) is 5.09. The van der Waals surface area contributed by atoms with Gasteiger partial charge in [-0.3, -0.25) is 0 Å². The molecule has 1 N–H and O–H groups in total. The first kappa shape index (κ1) is 14.0. The van der Waals surface area contributed by atoms with Crippen molar-refractivity contribution in [2.24, 2.45) is 0 Å². The molecule has 1 aromatic carbocycles. The molecular formula is C15H24O2. The third kappa shape index (κ3) is 3.74. The Labute approximate surface area is 105 Å². The third-order valence-corrected chi connectivity index (χ3v) is 3.03. The standard InChI is InChI=1S/C15H24O2/c1-10-9-13(15(4,5)6)7-8-14(10)17-12(3)11(2)16/h7-9,11-12,16H,1-6H3/t11-,12?/m1/s1. The molecule has 1 rings (SSSR count). The Morgan fingerprint density at radius 3 is 2.18 bits per heavy atom. The Hall–Kier alpha value is -1.02. The molecule has 96 valence electrons. The smallest absolute Gasteiger partial charge is 0.122 e. The fourth-order valence-electron chi connectivity index (χ4n) is 1.55. The fraction of sp³-hybridized carbons (Fsp3) is 0.600. The van der Waals surface area contributed by atoms with E-state index in [1.54, 1.807) is 6.92 Å². The molecule has 2 nitrogen and oxygen atoms in total. The number of rotatable bonds is 3. The number of hydrogen-bond donors (Lipinski definition) is 1. The molecule has 0 bridgehead atoms. The van der Waals surface area contributed by atoms with E-state index in [0.29, 0.717) is 0 Å². The first-order valence-corrected chi connectivity index (χ1v) is 6.17. The Bertz CT molecular complexity index is 375. The Kier molecular flexibility index (Phi) is 4.21. The molecule has 2 heteroatoms. The summed E-state index contributed by atoms with van der Waals surface area (Å²) in [4.78, 5) is 0. The summed E-state index contributed by atoms with van der Waals surface area (Å²) in [5.74, 6) is 0.853. The number of hydrogen-bond acceptors (Lipinski definition) is 2. The first-order chi connectivity index (χ1) is 7.71. The summed E-state index contributed by atoms with van der Waals surface area (Å²) in [5.41, 5.74) is 2.57. The minimum Gasteiger partial charge on any atom is -0.488 e. The van der Waals surface area contributed by atoms with Gasteiger partial charge in [0.25, 0.3) is 0 Å². The number of aliphatic hydroxyl groups is 1. The molecule has 0 amide bonds. The van der Waals surface area contributed by atoms with Crippen LogP contribution in [0.1, 0.15) is 45.7 Å². The molecule has 0 aliphatic rings. The lowest BCUT2D eigenvalue weighted by molar-refractivity contribution is 0.0600. The van der Waals surface area contributed by atoms with Crippen LogP contribution in [0.4, 0.5) is 0 Å². The average molecular weight is 236 g/mol. The van der Waals surface area contributed by atoms with Gasteiger partial charge in [-0.1, -0.05) is 32.9 Å². The molecule has 2 atom stereocenters. The van der Waals surface area contributed by atoms with Crippen LogP contribution in [0.5, 0.6) is 5.75 Å². The van der Waals surface area contributed by atoms with Gasteiger partial charge in [-0.25, -0.2) is 0 Å². The van der Waals surface area contributed by atoms with E-state index in [2.05, 4.69) is 32.9 Å². The lowest BCUT2D eigenvalue weighted by atomic mass is 9.86. The maximum absolute atomic E-state index is 9.43. The van der Waals surface area contributed by atoms with Gasteiger partial charge >= 0.3 is 0 Å². The topological polar surface area (TPSA) is 29.5 Å². The summed E-state index contributed by atoms with van der Waals surface area (Å²) in [6.07, 6.45) is -0.647. The zero-order valence-electron chi connectivity index (χ0n) is 11.7. The van der Waals surface area contributed by atoms with Crippen molar-refractivity contribution in [3.8, 4) is 5.75 Å². The molecule has 1 aromatic rings. The minimum atomic E-state index is -0.461. The van der Waals surface area contributed by atoms with E-state index in [1.807, 2.05) is 19.9 Å². The van der Waals surface area contributed by atoms with E-state index in [9.17, 15) is 5.11 Å². The lowest BCUT2D eigenvalue weighted by Gasteiger charge is -2.22. The maximum atomic E-state index is 9.43. The van der Waals surface area contributed by atoms with Crippen LogP contribution in [-0.2, 0) is 5.41 Å². The summed E-state index contributed by atoms with van der Waals surface area (Å²) >= 11 is 0. The zero-order chi connectivity index (χ0) is 13.2. The molecule has 0 radical (unpaired) electrons. The number of ether oxygens (including phenoxy) is 1. The highest BCUT2D eigenvalue weighted by atomic mass is 16.5. The molecule has 0 fully saturated rings. The molecule has 0 aliphatic carbocycles. The predicted octanol–water partition coefficient (Wildman–Crippen LogP) is 3.44. The van der Waals surface area contributed by atoms with Crippen molar-refractivity contribution in [3.05, 3.63) is 29.3 Å². The van der Waals surface area contributed by atoms with E-state index in [0.717, 1.165) is 11.3 Å². The van der Waals surface area contributed by atoms with E-state index in [-0.39, 0.29) is 11.5 Å². The summed E-state index contributed by atoms with van der Waals surface area (Å²) in [5, 5.41) is 9.43. The van der Waals surface area contributed by atoms with Crippen molar-refractivity contribution in [2.75, 3.05) is 0 Å². The second-order valence-electron chi connectivity index (χ2n) is 5.79. The van der Waals surface area contributed by atoms with Crippen LogP contribution in [0.3, 0.4) is 0 Å². The fourth-order valence-corrected chi connectivity index (χ4v) is 1.55. The van der Waals surface area contributed by atoms with Crippen molar-refractivity contribution < 1.29 is 9.84 Å². The van der Waals surface area contributed by atoms with Gasteiger partial charge < -0.3 is 9.84 Å². The van der Waals surface area contributed by atoms with E-state index >= 15 is 0 Å². The van der Waals surface area contributed by atoms with Crippen LogP contribution in [0, 0.1) is 6.92 Å². The van der Waals surface area contributed by atoms with Gasteiger partial charge in [0.1, 0.15) is 11.9 Å². The maximum Gasteiger partial charge on any atom is 0.122 e. The quantitative estimate of drug-likeness (QED) is 0.871. The highest BCUT2D eigenvalue weighted by Gasteiger charge is 2.16. The van der Waals surface area contributed by atoms with Crippen LogP contribution >= 0.6 is 0 Å². The summed E-state index contributed by atoms with van der Waals surface area (Å²) < 4.78 is 5.72. The SMILES string of the molecule is Cc1cc(C(C)(C)C)ccc1OC(C)[C@@H](C)O. The van der Waals surface area contributed by atoms with Gasteiger partial charge in [0.05, 0.1) is 6.10 Å². The number of aliphatic hydroxyl groups excluding tert-OH is 1. The summed E-state index contributed by atoms with van der Waals surface area (Å²) in [6.45, 7) is 12.2. The molecule has 0 saturated heterocycles. The molecule has 0 aromatic heterocycles. The van der Waals surface area contributed by atoms with Gasteiger partial charge in [0, 0.05) is 0 Å². The molecule has 0 spiro atoms. The largest absolute Gasteiger partial charge is 0.488 e. The van der Waals surface area contributed by atoms with Crippen molar-refractivity contribution >= 4 is 0 Å². The van der Waals surface area contributed by atoms with Gasteiger partial charge in [-0.05, 0) is 43.4 Å². The van der Waals surface area contributed by atoms with E-state index in [1.165, 1.54) is 5.56 Å². The summed E-state index contributed by atoms with van der Waals surface area (Å²) in [7, 11) is 0. The molecule has 0 aliphatic heterocycles. The van der Waals surface area contributed by atoms with Crippen molar-refractivity contribution in [1.82, 2.24) is 0 Å². The lowest BCUT2D eigenvalue weighted by Crippen LogP contribution is -2.26. The first-order valence-electron chi connectivity index (χ1n) is 6.17. The highest BCUT2D eigenvalue weighted by molar-refractivity contribution is 5.38. The Morgan fingerprint density at radius 2 is 1.76 bits per heavy atom. The van der Waals surface area contributed by atoms with Crippen LogP contribution in [0.2, 0.25) is 0 Å². The monoisotopic (exact) mass is 236 g/mol. The molecular weight excluding hydrogens is 212 g/mol. The normalized spacial score (nSPS) is 15.5.